The summed E-state index contributed by atoms with van der Waals surface area (Å²) >= 11 is 1.38. The van der Waals surface area contributed by atoms with E-state index in [1.54, 1.807) is 23.6 Å². The third-order valence-electron chi connectivity index (χ3n) is 4.64. The van der Waals surface area contributed by atoms with Crippen molar-refractivity contribution >= 4 is 17.2 Å². The van der Waals surface area contributed by atoms with Crippen LogP contribution in [0.2, 0.25) is 0 Å². The summed E-state index contributed by atoms with van der Waals surface area (Å²) in [5, 5.41) is 2.46. The molecular formula is C21H18F2N2O2S. The van der Waals surface area contributed by atoms with Crippen molar-refractivity contribution in [1.29, 1.82) is 0 Å². The number of ether oxygens (including phenoxy) is 1. The summed E-state index contributed by atoms with van der Waals surface area (Å²) in [6.45, 7) is 1.35. The molecule has 28 heavy (non-hydrogen) atoms. The van der Waals surface area contributed by atoms with Crippen LogP contribution in [-0.4, -0.2) is 28.9 Å². The van der Waals surface area contributed by atoms with Crippen LogP contribution >= 0.6 is 11.3 Å². The molecule has 0 aliphatic carbocycles. The molecule has 0 N–H and O–H groups in total. The van der Waals surface area contributed by atoms with Crippen LogP contribution in [0.15, 0.2) is 47.8 Å². The van der Waals surface area contributed by atoms with Crippen molar-refractivity contribution in [2.75, 3.05) is 13.1 Å². The Morgan fingerprint density at radius 3 is 2.57 bits per heavy atom. The van der Waals surface area contributed by atoms with E-state index in [1.807, 2.05) is 11.0 Å². The average molecular weight is 400 g/mol. The minimum Gasteiger partial charge on any atom is -0.489 e. The van der Waals surface area contributed by atoms with E-state index in [1.165, 1.54) is 29.5 Å². The number of benzene rings is 2. The lowest BCUT2D eigenvalue weighted by atomic mass is 10.2. The average Bonchev–Trinajstić information content (AvgIpc) is 3.40. The molecule has 2 aromatic carbocycles. The minimum atomic E-state index is -0.638. The Kier molecular flexibility index (Phi) is 5.34. The Morgan fingerprint density at radius 2 is 1.82 bits per heavy atom. The van der Waals surface area contributed by atoms with Gasteiger partial charge < -0.3 is 9.64 Å². The van der Waals surface area contributed by atoms with E-state index in [2.05, 4.69) is 4.98 Å². The normalized spacial score (nSPS) is 13.7. The quantitative estimate of drug-likeness (QED) is 0.612. The lowest BCUT2D eigenvalue weighted by molar-refractivity contribution is 0.0788. The largest absolute Gasteiger partial charge is 0.489 e. The highest BCUT2D eigenvalue weighted by atomic mass is 32.1. The maximum Gasteiger partial charge on any atom is 0.273 e. The van der Waals surface area contributed by atoms with Crippen molar-refractivity contribution in [2.45, 2.75) is 19.4 Å². The molecule has 4 rings (SSSR count). The zero-order chi connectivity index (χ0) is 19.5. The molecule has 7 heteroatoms. The molecule has 0 unspecified atom stereocenters. The monoisotopic (exact) mass is 400 g/mol. The van der Waals surface area contributed by atoms with Crippen LogP contribution in [0.3, 0.4) is 0 Å². The number of rotatable bonds is 5. The van der Waals surface area contributed by atoms with Crippen molar-refractivity contribution in [1.82, 2.24) is 9.88 Å². The third kappa shape index (κ3) is 3.89. The van der Waals surface area contributed by atoms with Crippen molar-refractivity contribution in [3.8, 4) is 16.3 Å². The summed E-state index contributed by atoms with van der Waals surface area (Å²) in [6, 6.07) is 10.8. The van der Waals surface area contributed by atoms with Gasteiger partial charge in [-0.05, 0) is 37.1 Å². The fraction of sp³-hybridized carbons (Fsp3) is 0.238. The predicted molar refractivity (Wildman–Crippen MR) is 103 cm³/mol. The van der Waals surface area contributed by atoms with Crippen LogP contribution < -0.4 is 4.74 Å². The second-order valence-corrected chi connectivity index (χ2v) is 7.41. The molecule has 0 bridgehead atoms. The highest BCUT2D eigenvalue weighted by molar-refractivity contribution is 7.13. The van der Waals surface area contributed by atoms with Gasteiger partial charge in [0, 0.05) is 24.0 Å². The lowest BCUT2D eigenvalue weighted by Gasteiger charge is -2.12. The molecule has 1 fully saturated rings. The number of nitrogens with zero attached hydrogens (tertiary/aromatic N) is 2. The molecule has 2 heterocycles. The molecule has 1 aromatic heterocycles. The second kappa shape index (κ2) is 8.06. The number of hydrogen-bond donors (Lipinski definition) is 0. The summed E-state index contributed by atoms with van der Waals surface area (Å²) in [5.74, 6) is -0.840. The van der Waals surface area contributed by atoms with Crippen molar-refractivity contribution in [2.24, 2.45) is 0 Å². The number of likely N-dealkylation sites (tertiary alicyclic amines) is 1. The van der Waals surface area contributed by atoms with Crippen LogP contribution in [0.1, 0.15) is 28.9 Å². The third-order valence-corrected chi connectivity index (χ3v) is 5.53. The fourth-order valence-corrected chi connectivity index (χ4v) is 3.92. The van der Waals surface area contributed by atoms with E-state index in [-0.39, 0.29) is 18.1 Å². The topological polar surface area (TPSA) is 42.4 Å². The first-order valence-electron chi connectivity index (χ1n) is 9.03. The smallest absolute Gasteiger partial charge is 0.273 e. The van der Waals surface area contributed by atoms with E-state index in [9.17, 15) is 13.6 Å². The van der Waals surface area contributed by atoms with Gasteiger partial charge in [0.25, 0.3) is 5.91 Å². The van der Waals surface area contributed by atoms with Gasteiger partial charge >= 0.3 is 0 Å². The van der Waals surface area contributed by atoms with Gasteiger partial charge in [0.15, 0.2) is 0 Å². The van der Waals surface area contributed by atoms with E-state index in [4.69, 9.17) is 4.74 Å². The highest BCUT2D eigenvalue weighted by Gasteiger charge is 2.22. The van der Waals surface area contributed by atoms with Crippen LogP contribution in [0.5, 0.6) is 5.75 Å². The van der Waals surface area contributed by atoms with E-state index < -0.39 is 11.6 Å². The molecule has 144 valence electrons. The molecule has 0 radical (unpaired) electrons. The first-order chi connectivity index (χ1) is 13.6. The van der Waals surface area contributed by atoms with Gasteiger partial charge in [-0.25, -0.2) is 13.8 Å². The van der Waals surface area contributed by atoms with Gasteiger partial charge in [-0.3, -0.25) is 4.79 Å². The van der Waals surface area contributed by atoms with Gasteiger partial charge in [-0.2, -0.15) is 0 Å². The lowest BCUT2D eigenvalue weighted by Crippen LogP contribution is -2.27. The van der Waals surface area contributed by atoms with Gasteiger partial charge in [0.1, 0.15) is 34.7 Å². The van der Waals surface area contributed by atoms with Crippen LogP contribution in [0.25, 0.3) is 10.6 Å². The maximum atomic E-state index is 13.7. The Labute approximate surface area is 165 Å². The molecule has 4 nitrogen and oxygen atoms in total. The number of amides is 1. The summed E-state index contributed by atoms with van der Waals surface area (Å²) < 4.78 is 33.1. The van der Waals surface area contributed by atoms with Gasteiger partial charge in [-0.1, -0.05) is 18.2 Å². The zero-order valence-electron chi connectivity index (χ0n) is 15.0. The van der Waals surface area contributed by atoms with E-state index in [0.717, 1.165) is 31.5 Å². The molecule has 0 atom stereocenters. The number of carbonyl (C=O) groups is 1. The van der Waals surface area contributed by atoms with Gasteiger partial charge in [0.2, 0.25) is 0 Å². The first-order valence-corrected chi connectivity index (χ1v) is 9.91. The van der Waals surface area contributed by atoms with Gasteiger partial charge in [0.05, 0.1) is 5.56 Å². The number of thiazole rings is 1. The SMILES string of the molecule is O=C(c1csc(-c2cccc(OCc3c(F)cccc3F)c2)n1)N1CCCC1. The Hall–Kier alpha value is -2.80. The molecule has 1 amide bonds. The second-order valence-electron chi connectivity index (χ2n) is 6.55. The number of carbonyl (C=O) groups excluding carboxylic acids is 1. The van der Waals surface area contributed by atoms with Gasteiger partial charge in [-0.15, -0.1) is 11.3 Å². The van der Waals surface area contributed by atoms with Crippen LogP contribution in [0.4, 0.5) is 8.78 Å². The summed E-state index contributed by atoms with van der Waals surface area (Å²) in [6.07, 6.45) is 2.06. The summed E-state index contributed by atoms with van der Waals surface area (Å²) in [5.41, 5.74) is 1.12. The molecule has 0 saturated carbocycles. The predicted octanol–water partition coefficient (Wildman–Crippen LogP) is 4.90. The summed E-state index contributed by atoms with van der Waals surface area (Å²) in [4.78, 5) is 18.7. The van der Waals surface area contributed by atoms with Crippen molar-refractivity contribution < 1.29 is 18.3 Å². The molecule has 0 spiro atoms. The van der Waals surface area contributed by atoms with Crippen molar-refractivity contribution in [3.63, 3.8) is 0 Å². The number of halogens is 2. The standard InChI is InChI=1S/C21H18F2N2O2S/c22-17-7-4-8-18(23)16(17)12-27-15-6-3-5-14(11-15)20-24-19(13-28-20)21(26)25-9-1-2-10-25/h3-8,11,13H,1-2,9-10,12H2. The Bertz CT molecular complexity index is 979. The zero-order valence-corrected chi connectivity index (χ0v) is 15.8. The number of hydrogen-bond acceptors (Lipinski definition) is 4. The first kappa shape index (κ1) is 18.6. The molecule has 1 aliphatic rings. The minimum absolute atomic E-state index is 0.0394. The van der Waals surface area contributed by atoms with E-state index in [0.29, 0.717) is 16.5 Å². The van der Waals surface area contributed by atoms with Crippen LogP contribution in [0, 0.1) is 11.6 Å². The molecule has 3 aromatic rings. The van der Waals surface area contributed by atoms with Crippen molar-refractivity contribution in [3.05, 3.63) is 70.7 Å². The fourth-order valence-electron chi connectivity index (χ4n) is 3.13. The molecular weight excluding hydrogens is 382 g/mol. The highest BCUT2D eigenvalue weighted by Crippen LogP contribution is 2.28. The molecule has 1 saturated heterocycles. The van der Waals surface area contributed by atoms with Crippen LogP contribution in [-0.2, 0) is 6.61 Å². The van der Waals surface area contributed by atoms with E-state index >= 15 is 0 Å². The Morgan fingerprint density at radius 1 is 1.11 bits per heavy atom. The summed E-state index contributed by atoms with van der Waals surface area (Å²) in [7, 11) is 0. The number of aromatic nitrogens is 1. The maximum absolute atomic E-state index is 13.7. The molecule has 1 aliphatic heterocycles. The Balaban J connectivity index is 1.49.